The number of hydrogen-bond acceptors (Lipinski definition) is 3. The second-order valence-electron chi connectivity index (χ2n) is 6.17. The van der Waals surface area contributed by atoms with Gasteiger partial charge in [0.15, 0.2) is 0 Å². The Labute approximate surface area is 114 Å². The van der Waals surface area contributed by atoms with Crippen LogP contribution in [0.3, 0.4) is 0 Å². The van der Waals surface area contributed by atoms with E-state index in [0.29, 0.717) is 13.0 Å². The van der Waals surface area contributed by atoms with Crippen LogP contribution in [-0.4, -0.2) is 47.0 Å². The monoisotopic (exact) mass is 268 g/mol. The van der Waals surface area contributed by atoms with Gasteiger partial charge in [-0.05, 0) is 40.0 Å². The predicted molar refractivity (Wildman–Crippen MR) is 71.6 cm³/mol. The highest BCUT2D eigenvalue weighted by molar-refractivity contribution is 5.96. The van der Waals surface area contributed by atoms with Gasteiger partial charge in [0.1, 0.15) is 12.1 Å². The van der Waals surface area contributed by atoms with Crippen molar-refractivity contribution in [1.82, 2.24) is 10.2 Å². The van der Waals surface area contributed by atoms with Gasteiger partial charge in [0.2, 0.25) is 11.8 Å². The average Bonchev–Trinajstić information content (AvgIpc) is 2.69. The fourth-order valence-electron chi connectivity index (χ4n) is 2.84. The summed E-state index contributed by atoms with van der Waals surface area (Å²) in [4.78, 5) is 25.9. The van der Waals surface area contributed by atoms with Crippen molar-refractivity contribution < 1.29 is 14.3 Å². The van der Waals surface area contributed by atoms with Gasteiger partial charge >= 0.3 is 0 Å². The number of ether oxygens (including phenoxy) is 1. The SMILES string of the molecule is CCC1NC(=O)C(C)N(CC2CCC(C)(C)O2)C1=O. The van der Waals surface area contributed by atoms with Gasteiger partial charge in [-0.3, -0.25) is 9.59 Å². The highest BCUT2D eigenvalue weighted by Gasteiger charge is 2.40. The zero-order chi connectivity index (χ0) is 14.2. The van der Waals surface area contributed by atoms with Crippen LogP contribution >= 0.6 is 0 Å². The Balaban J connectivity index is 2.04. The molecule has 5 heteroatoms. The van der Waals surface area contributed by atoms with Gasteiger partial charge in [0.05, 0.1) is 11.7 Å². The largest absolute Gasteiger partial charge is 0.371 e. The molecule has 0 saturated carbocycles. The number of carbonyl (C=O) groups excluding carboxylic acids is 2. The van der Waals surface area contributed by atoms with E-state index in [1.54, 1.807) is 11.8 Å². The molecule has 5 nitrogen and oxygen atoms in total. The van der Waals surface area contributed by atoms with Crippen LogP contribution in [0.25, 0.3) is 0 Å². The summed E-state index contributed by atoms with van der Waals surface area (Å²) in [5, 5.41) is 2.77. The van der Waals surface area contributed by atoms with Crippen molar-refractivity contribution in [3.63, 3.8) is 0 Å². The molecule has 2 aliphatic heterocycles. The maximum Gasteiger partial charge on any atom is 0.245 e. The summed E-state index contributed by atoms with van der Waals surface area (Å²) in [7, 11) is 0. The summed E-state index contributed by atoms with van der Waals surface area (Å²) in [6.45, 7) is 8.34. The molecule has 2 saturated heterocycles. The Kier molecular flexibility index (Phi) is 3.85. The summed E-state index contributed by atoms with van der Waals surface area (Å²) in [5.41, 5.74) is -0.112. The molecule has 0 aromatic heterocycles. The van der Waals surface area contributed by atoms with Crippen molar-refractivity contribution >= 4 is 11.8 Å². The quantitative estimate of drug-likeness (QED) is 0.833. The third kappa shape index (κ3) is 2.91. The molecule has 3 unspecified atom stereocenters. The van der Waals surface area contributed by atoms with Crippen molar-refractivity contribution in [2.75, 3.05) is 6.54 Å². The van der Waals surface area contributed by atoms with Crippen molar-refractivity contribution in [1.29, 1.82) is 0 Å². The number of piperazine rings is 1. The van der Waals surface area contributed by atoms with E-state index in [1.165, 1.54) is 0 Å². The second kappa shape index (κ2) is 5.12. The molecule has 19 heavy (non-hydrogen) atoms. The number of nitrogens with zero attached hydrogens (tertiary/aromatic N) is 1. The van der Waals surface area contributed by atoms with Crippen molar-refractivity contribution in [3.8, 4) is 0 Å². The highest BCUT2D eigenvalue weighted by Crippen LogP contribution is 2.30. The van der Waals surface area contributed by atoms with Gasteiger partial charge in [-0.1, -0.05) is 6.92 Å². The normalized spacial score (nSPS) is 34.5. The van der Waals surface area contributed by atoms with Crippen molar-refractivity contribution in [3.05, 3.63) is 0 Å². The topological polar surface area (TPSA) is 58.6 Å². The van der Waals surface area contributed by atoms with Crippen LogP contribution < -0.4 is 5.32 Å². The molecule has 2 amide bonds. The maximum absolute atomic E-state index is 12.3. The Morgan fingerprint density at radius 1 is 1.42 bits per heavy atom. The minimum Gasteiger partial charge on any atom is -0.371 e. The van der Waals surface area contributed by atoms with E-state index in [4.69, 9.17) is 4.74 Å². The van der Waals surface area contributed by atoms with Crippen molar-refractivity contribution in [2.24, 2.45) is 0 Å². The summed E-state index contributed by atoms with van der Waals surface area (Å²) >= 11 is 0. The first-order chi connectivity index (χ1) is 8.84. The first-order valence-corrected chi connectivity index (χ1v) is 7.12. The predicted octanol–water partition coefficient (Wildman–Crippen LogP) is 1.07. The molecule has 2 fully saturated rings. The summed E-state index contributed by atoms with van der Waals surface area (Å²) in [5.74, 6) is -0.0494. The average molecular weight is 268 g/mol. The van der Waals surface area contributed by atoms with Crippen LogP contribution in [0.15, 0.2) is 0 Å². The summed E-state index contributed by atoms with van der Waals surface area (Å²) < 4.78 is 5.93. The number of hydrogen-bond donors (Lipinski definition) is 1. The smallest absolute Gasteiger partial charge is 0.245 e. The third-order valence-electron chi connectivity index (χ3n) is 4.11. The minimum absolute atomic E-state index is 0.0166. The summed E-state index contributed by atoms with van der Waals surface area (Å²) in [6.07, 6.45) is 2.62. The molecule has 0 spiro atoms. The van der Waals surface area contributed by atoms with Crippen LogP contribution in [0, 0.1) is 0 Å². The third-order valence-corrected chi connectivity index (χ3v) is 4.11. The Morgan fingerprint density at radius 2 is 2.11 bits per heavy atom. The molecule has 3 atom stereocenters. The van der Waals surface area contributed by atoms with E-state index in [-0.39, 0.29) is 29.6 Å². The molecule has 0 radical (unpaired) electrons. The fourth-order valence-corrected chi connectivity index (χ4v) is 2.84. The molecule has 2 heterocycles. The van der Waals surface area contributed by atoms with Crippen molar-refractivity contribution in [2.45, 2.75) is 70.7 Å². The van der Waals surface area contributed by atoms with Gasteiger partial charge in [0, 0.05) is 6.54 Å². The van der Waals surface area contributed by atoms with Crippen LogP contribution in [-0.2, 0) is 14.3 Å². The van der Waals surface area contributed by atoms with Gasteiger partial charge < -0.3 is 15.0 Å². The molecule has 0 aromatic rings. The lowest BCUT2D eigenvalue weighted by Crippen LogP contribution is -2.63. The van der Waals surface area contributed by atoms with E-state index in [2.05, 4.69) is 19.2 Å². The molecule has 2 rings (SSSR count). The highest BCUT2D eigenvalue weighted by atomic mass is 16.5. The molecule has 108 valence electrons. The Morgan fingerprint density at radius 3 is 2.63 bits per heavy atom. The molecule has 0 aliphatic carbocycles. The zero-order valence-electron chi connectivity index (χ0n) is 12.2. The Hall–Kier alpha value is -1.10. The van der Waals surface area contributed by atoms with E-state index in [0.717, 1.165) is 12.8 Å². The van der Waals surface area contributed by atoms with E-state index < -0.39 is 6.04 Å². The number of amides is 2. The first kappa shape index (κ1) is 14.3. The van der Waals surface area contributed by atoms with E-state index >= 15 is 0 Å². The molecule has 2 aliphatic rings. The second-order valence-corrected chi connectivity index (χ2v) is 6.17. The lowest BCUT2D eigenvalue weighted by Gasteiger charge is -2.38. The van der Waals surface area contributed by atoms with E-state index in [9.17, 15) is 9.59 Å². The van der Waals surface area contributed by atoms with Crippen LogP contribution in [0.5, 0.6) is 0 Å². The standard InChI is InChI=1S/C14H24N2O3/c1-5-11-13(18)16(9(2)12(17)15-11)8-10-6-7-14(3,4)19-10/h9-11H,5-8H2,1-4H3,(H,15,17). The minimum atomic E-state index is -0.400. The Bertz CT molecular complexity index is 381. The van der Waals surface area contributed by atoms with Crippen LogP contribution in [0.1, 0.15) is 47.0 Å². The maximum atomic E-state index is 12.3. The molecular weight excluding hydrogens is 244 g/mol. The van der Waals surface area contributed by atoms with E-state index in [1.807, 2.05) is 6.92 Å². The van der Waals surface area contributed by atoms with Gasteiger partial charge in [0.25, 0.3) is 0 Å². The molecule has 0 aromatic carbocycles. The number of nitrogens with one attached hydrogen (secondary N) is 1. The first-order valence-electron chi connectivity index (χ1n) is 7.12. The lowest BCUT2D eigenvalue weighted by atomic mass is 10.0. The van der Waals surface area contributed by atoms with Crippen LogP contribution in [0.2, 0.25) is 0 Å². The van der Waals surface area contributed by atoms with Gasteiger partial charge in [-0.15, -0.1) is 0 Å². The molecular formula is C14H24N2O3. The van der Waals surface area contributed by atoms with Gasteiger partial charge in [-0.25, -0.2) is 0 Å². The number of rotatable bonds is 3. The van der Waals surface area contributed by atoms with Gasteiger partial charge in [-0.2, -0.15) is 0 Å². The van der Waals surface area contributed by atoms with Crippen LogP contribution in [0.4, 0.5) is 0 Å². The lowest BCUT2D eigenvalue weighted by molar-refractivity contribution is -0.151. The fraction of sp³-hybridized carbons (Fsp3) is 0.857. The zero-order valence-corrected chi connectivity index (χ0v) is 12.2. The molecule has 0 bridgehead atoms. The number of carbonyl (C=O) groups is 2. The molecule has 1 N–H and O–H groups in total. The summed E-state index contributed by atoms with van der Waals surface area (Å²) in [6, 6.07) is -0.777.